The highest BCUT2D eigenvalue weighted by Gasteiger charge is 2.27. The van der Waals surface area contributed by atoms with Crippen LogP contribution in [0.15, 0.2) is 12.4 Å². The Kier molecular flexibility index (Phi) is 5.14. The van der Waals surface area contributed by atoms with Gasteiger partial charge in [-0.1, -0.05) is 26.7 Å². The molecule has 2 atom stereocenters. The summed E-state index contributed by atoms with van der Waals surface area (Å²) in [5.41, 5.74) is 1.00. The Labute approximate surface area is 116 Å². The lowest BCUT2D eigenvalue weighted by Gasteiger charge is -2.34. The molecular weight excluding hydrogens is 238 g/mol. The van der Waals surface area contributed by atoms with Crippen molar-refractivity contribution in [3.8, 4) is 0 Å². The van der Waals surface area contributed by atoms with E-state index in [1.165, 1.54) is 12.8 Å². The van der Waals surface area contributed by atoms with Gasteiger partial charge in [-0.25, -0.2) is 9.97 Å². The van der Waals surface area contributed by atoms with Gasteiger partial charge in [-0.3, -0.25) is 0 Å². The van der Waals surface area contributed by atoms with Crippen LogP contribution in [0.25, 0.3) is 0 Å². The Morgan fingerprint density at radius 2 is 2.16 bits per heavy atom. The summed E-state index contributed by atoms with van der Waals surface area (Å²) in [5.74, 6) is 1.61. The zero-order chi connectivity index (χ0) is 13.7. The van der Waals surface area contributed by atoms with E-state index in [0.717, 1.165) is 31.0 Å². The zero-order valence-electron chi connectivity index (χ0n) is 12.2. The van der Waals surface area contributed by atoms with Crippen LogP contribution < -0.4 is 5.32 Å². The molecule has 1 N–H and O–H groups in total. The van der Waals surface area contributed by atoms with E-state index in [4.69, 9.17) is 4.74 Å². The summed E-state index contributed by atoms with van der Waals surface area (Å²) in [5, 5.41) is 3.52. The minimum absolute atomic E-state index is 0.393. The van der Waals surface area contributed by atoms with Crippen LogP contribution in [0.2, 0.25) is 0 Å². The molecule has 2 heterocycles. The first kappa shape index (κ1) is 14.3. The standard InChI is InChI=1S/C15H25N3O/c1-4-12(5-2)14-9-13(6-7-19-14)18-15-8-11(3)16-10-17-15/h8,10,12-14H,4-7,9H2,1-3H3,(H,16,17,18). The second kappa shape index (κ2) is 6.85. The van der Waals surface area contributed by atoms with E-state index in [9.17, 15) is 0 Å². The van der Waals surface area contributed by atoms with E-state index in [1.807, 2.05) is 13.0 Å². The van der Waals surface area contributed by atoms with Gasteiger partial charge in [0, 0.05) is 24.4 Å². The third kappa shape index (κ3) is 3.90. The molecule has 0 radical (unpaired) electrons. The highest BCUT2D eigenvalue weighted by atomic mass is 16.5. The summed E-state index contributed by atoms with van der Waals surface area (Å²) >= 11 is 0. The highest BCUT2D eigenvalue weighted by molar-refractivity contribution is 5.35. The van der Waals surface area contributed by atoms with Gasteiger partial charge in [-0.05, 0) is 25.7 Å². The van der Waals surface area contributed by atoms with Gasteiger partial charge >= 0.3 is 0 Å². The van der Waals surface area contributed by atoms with Gasteiger partial charge in [-0.2, -0.15) is 0 Å². The summed E-state index contributed by atoms with van der Waals surface area (Å²) in [6.07, 6.45) is 6.54. The summed E-state index contributed by atoms with van der Waals surface area (Å²) in [7, 11) is 0. The molecule has 0 amide bonds. The molecule has 1 saturated heterocycles. The first-order chi connectivity index (χ1) is 9.22. The van der Waals surface area contributed by atoms with Crippen LogP contribution in [0.3, 0.4) is 0 Å². The molecule has 0 aromatic carbocycles. The molecule has 0 aliphatic carbocycles. The van der Waals surface area contributed by atoms with Crippen molar-refractivity contribution >= 4 is 5.82 Å². The number of aromatic nitrogens is 2. The van der Waals surface area contributed by atoms with Crippen LogP contribution in [-0.2, 0) is 4.74 Å². The Balaban J connectivity index is 1.94. The van der Waals surface area contributed by atoms with E-state index in [-0.39, 0.29) is 0 Å². The molecule has 19 heavy (non-hydrogen) atoms. The first-order valence-electron chi connectivity index (χ1n) is 7.39. The monoisotopic (exact) mass is 263 g/mol. The van der Waals surface area contributed by atoms with Crippen LogP contribution in [0.4, 0.5) is 5.82 Å². The van der Waals surface area contributed by atoms with E-state index in [1.54, 1.807) is 6.33 Å². The normalized spacial score (nSPS) is 23.6. The quantitative estimate of drug-likeness (QED) is 0.886. The molecule has 2 unspecified atom stereocenters. The lowest BCUT2D eigenvalue weighted by atomic mass is 9.89. The number of ether oxygens (including phenoxy) is 1. The second-order valence-corrected chi connectivity index (χ2v) is 5.40. The molecule has 1 aliphatic heterocycles. The van der Waals surface area contributed by atoms with Gasteiger partial charge in [0.25, 0.3) is 0 Å². The fraction of sp³-hybridized carbons (Fsp3) is 0.733. The Hall–Kier alpha value is -1.16. The zero-order valence-corrected chi connectivity index (χ0v) is 12.2. The highest BCUT2D eigenvalue weighted by Crippen LogP contribution is 2.26. The molecule has 0 spiro atoms. The van der Waals surface area contributed by atoms with Gasteiger partial charge in [0.05, 0.1) is 6.10 Å². The van der Waals surface area contributed by atoms with Gasteiger partial charge in [0.15, 0.2) is 0 Å². The number of nitrogens with one attached hydrogen (secondary N) is 1. The molecule has 0 bridgehead atoms. The molecule has 4 heteroatoms. The summed E-state index contributed by atoms with van der Waals surface area (Å²) < 4.78 is 5.94. The summed E-state index contributed by atoms with van der Waals surface area (Å²) in [6, 6.07) is 2.47. The molecule has 4 nitrogen and oxygen atoms in total. The van der Waals surface area contributed by atoms with Crippen molar-refractivity contribution < 1.29 is 4.74 Å². The van der Waals surface area contributed by atoms with Gasteiger partial charge in [0.2, 0.25) is 0 Å². The van der Waals surface area contributed by atoms with Crippen LogP contribution in [0.5, 0.6) is 0 Å². The molecule has 106 valence electrons. The molecule has 0 saturated carbocycles. The van der Waals surface area contributed by atoms with Crippen LogP contribution in [-0.4, -0.2) is 28.7 Å². The summed E-state index contributed by atoms with van der Waals surface area (Å²) in [6.45, 7) is 7.34. The molecular formula is C15H25N3O. The molecule has 1 aromatic rings. The number of anilines is 1. The predicted molar refractivity (Wildman–Crippen MR) is 77.2 cm³/mol. The van der Waals surface area contributed by atoms with E-state index in [0.29, 0.717) is 18.1 Å². The van der Waals surface area contributed by atoms with Crippen LogP contribution in [0.1, 0.15) is 45.2 Å². The number of aryl methyl sites for hydroxylation is 1. The molecule has 1 aliphatic rings. The van der Waals surface area contributed by atoms with Crippen molar-refractivity contribution in [3.05, 3.63) is 18.1 Å². The maximum atomic E-state index is 5.94. The smallest absolute Gasteiger partial charge is 0.129 e. The van der Waals surface area contributed by atoms with Crippen molar-refractivity contribution in [1.82, 2.24) is 9.97 Å². The van der Waals surface area contributed by atoms with Crippen LogP contribution >= 0.6 is 0 Å². The lowest BCUT2D eigenvalue weighted by molar-refractivity contribution is -0.0271. The minimum atomic E-state index is 0.393. The predicted octanol–water partition coefficient (Wildman–Crippen LogP) is 3.18. The number of nitrogens with zero attached hydrogens (tertiary/aromatic N) is 2. The van der Waals surface area contributed by atoms with Crippen LogP contribution in [0, 0.1) is 12.8 Å². The fourth-order valence-corrected chi connectivity index (χ4v) is 2.84. The van der Waals surface area contributed by atoms with E-state index >= 15 is 0 Å². The van der Waals surface area contributed by atoms with Crippen molar-refractivity contribution in [2.75, 3.05) is 11.9 Å². The topological polar surface area (TPSA) is 47.0 Å². The molecule has 1 fully saturated rings. The SMILES string of the molecule is CCC(CC)C1CC(Nc2cc(C)ncn2)CCO1. The maximum Gasteiger partial charge on any atom is 0.129 e. The summed E-state index contributed by atoms with van der Waals surface area (Å²) in [4.78, 5) is 8.41. The molecule has 2 rings (SSSR count). The van der Waals surface area contributed by atoms with E-state index < -0.39 is 0 Å². The second-order valence-electron chi connectivity index (χ2n) is 5.40. The van der Waals surface area contributed by atoms with Crippen molar-refractivity contribution in [2.45, 2.75) is 58.6 Å². The average Bonchev–Trinajstić information content (AvgIpc) is 2.41. The third-order valence-corrected chi connectivity index (χ3v) is 4.05. The number of hydrogen-bond donors (Lipinski definition) is 1. The van der Waals surface area contributed by atoms with Gasteiger partial charge in [-0.15, -0.1) is 0 Å². The molecule has 1 aromatic heterocycles. The van der Waals surface area contributed by atoms with E-state index in [2.05, 4.69) is 29.1 Å². The first-order valence-corrected chi connectivity index (χ1v) is 7.39. The average molecular weight is 263 g/mol. The largest absolute Gasteiger partial charge is 0.378 e. The Morgan fingerprint density at radius 1 is 1.37 bits per heavy atom. The minimum Gasteiger partial charge on any atom is -0.378 e. The maximum absolute atomic E-state index is 5.94. The lowest BCUT2D eigenvalue weighted by Crippen LogP contribution is -2.38. The van der Waals surface area contributed by atoms with Crippen molar-refractivity contribution in [2.24, 2.45) is 5.92 Å². The van der Waals surface area contributed by atoms with Crippen molar-refractivity contribution in [3.63, 3.8) is 0 Å². The Morgan fingerprint density at radius 3 is 2.84 bits per heavy atom. The van der Waals surface area contributed by atoms with Gasteiger partial charge in [0.1, 0.15) is 12.1 Å². The van der Waals surface area contributed by atoms with Gasteiger partial charge < -0.3 is 10.1 Å². The third-order valence-electron chi connectivity index (χ3n) is 4.05. The number of hydrogen-bond acceptors (Lipinski definition) is 4. The number of rotatable bonds is 5. The van der Waals surface area contributed by atoms with Crippen molar-refractivity contribution in [1.29, 1.82) is 0 Å². The fourth-order valence-electron chi connectivity index (χ4n) is 2.84. The Bertz CT molecular complexity index is 393.